The quantitative estimate of drug-likeness (QED) is 0.736. The molecule has 0 aliphatic carbocycles. The minimum Gasteiger partial charge on any atom is -0.497 e. The molecule has 2 rings (SSSR count). The van der Waals surface area contributed by atoms with Gasteiger partial charge >= 0.3 is 0 Å². The first-order chi connectivity index (χ1) is 12.1. The van der Waals surface area contributed by atoms with Gasteiger partial charge in [-0.3, -0.25) is 4.79 Å². The number of hydrogen-bond donors (Lipinski definition) is 1. The van der Waals surface area contributed by atoms with E-state index < -0.39 is 6.10 Å². The third kappa shape index (κ3) is 5.13. The molecule has 0 unspecified atom stereocenters. The van der Waals surface area contributed by atoms with E-state index in [0.717, 1.165) is 17.7 Å². The summed E-state index contributed by atoms with van der Waals surface area (Å²) in [6.45, 7) is 3.94. The number of carbonyl (C=O) groups excluding carboxylic acids is 1. The summed E-state index contributed by atoms with van der Waals surface area (Å²) in [4.78, 5) is 12.7. The second-order valence-corrected chi connectivity index (χ2v) is 6.09. The van der Waals surface area contributed by atoms with Crippen LogP contribution in [0.2, 0.25) is 5.02 Å². The molecule has 1 N–H and O–H groups in total. The van der Waals surface area contributed by atoms with Crippen molar-refractivity contribution in [1.82, 2.24) is 5.32 Å². The van der Waals surface area contributed by atoms with Gasteiger partial charge in [0.2, 0.25) is 0 Å². The SMILES string of the molecule is CC[C@H](Oc1ccccc1Cl)C(=O)N[C@@H](CC)c1ccc(OC)cc1. The molecule has 0 aliphatic heterocycles. The molecule has 0 fully saturated rings. The zero-order chi connectivity index (χ0) is 18.2. The number of ether oxygens (including phenoxy) is 2. The van der Waals surface area contributed by atoms with Gasteiger partial charge in [-0.1, -0.05) is 49.7 Å². The van der Waals surface area contributed by atoms with Crippen molar-refractivity contribution in [2.24, 2.45) is 0 Å². The lowest BCUT2D eigenvalue weighted by molar-refractivity contribution is -0.128. The Morgan fingerprint density at radius 1 is 1.08 bits per heavy atom. The van der Waals surface area contributed by atoms with Gasteiger partial charge in [-0.05, 0) is 42.7 Å². The standard InChI is InChI=1S/C20H24ClNO3/c1-4-17(14-10-12-15(24-3)13-11-14)22-20(23)18(5-2)25-19-9-7-6-8-16(19)21/h6-13,17-18H,4-5H2,1-3H3,(H,22,23)/t17-,18-/m0/s1. The molecule has 0 heterocycles. The summed E-state index contributed by atoms with van der Waals surface area (Å²) in [6, 6.07) is 14.8. The minimum absolute atomic E-state index is 0.0812. The average Bonchev–Trinajstić information content (AvgIpc) is 2.65. The van der Waals surface area contributed by atoms with Crippen LogP contribution in [0, 0.1) is 0 Å². The molecule has 25 heavy (non-hydrogen) atoms. The molecule has 0 saturated heterocycles. The van der Waals surface area contributed by atoms with Crippen LogP contribution in [0.4, 0.5) is 0 Å². The van der Waals surface area contributed by atoms with Crippen LogP contribution in [0.15, 0.2) is 48.5 Å². The summed E-state index contributed by atoms with van der Waals surface area (Å²) in [5, 5.41) is 3.56. The number of hydrogen-bond acceptors (Lipinski definition) is 3. The molecule has 5 heteroatoms. The first-order valence-electron chi connectivity index (χ1n) is 8.44. The number of halogens is 1. The van der Waals surface area contributed by atoms with Gasteiger partial charge in [0.15, 0.2) is 6.10 Å². The monoisotopic (exact) mass is 361 g/mol. The largest absolute Gasteiger partial charge is 0.497 e. The summed E-state index contributed by atoms with van der Waals surface area (Å²) in [6.07, 6.45) is 0.740. The predicted molar refractivity (Wildman–Crippen MR) is 100 cm³/mol. The second-order valence-electron chi connectivity index (χ2n) is 5.69. The summed E-state index contributed by atoms with van der Waals surface area (Å²) >= 11 is 6.12. The molecular weight excluding hydrogens is 338 g/mol. The van der Waals surface area contributed by atoms with E-state index in [9.17, 15) is 4.79 Å². The van der Waals surface area contributed by atoms with E-state index >= 15 is 0 Å². The van der Waals surface area contributed by atoms with Gasteiger partial charge in [-0.2, -0.15) is 0 Å². The third-order valence-corrected chi connectivity index (χ3v) is 4.32. The first-order valence-corrected chi connectivity index (χ1v) is 8.82. The maximum atomic E-state index is 12.7. The highest BCUT2D eigenvalue weighted by molar-refractivity contribution is 6.32. The molecule has 0 bridgehead atoms. The predicted octanol–water partition coefficient (Wildman–Crippen LogP) is 4.77. The highest BCUT2D eigenvalue weighted by atomic mass is 35.5. The van der Waals surface area contributed by atoms with Crippen molar-refractivity contribution in [3.8, 4) is 11.5 Å². The van der Waals surface area contributed by atoms with Crippen LogP contribution in [-0.4, -0.2) is 19.1 Å². The van der Waals surface area contributed by atoms with Crippen LogP contribution < -0.4 is 14.8 Å². The lowest BCUT2D eigenvalue weighted by atomic mass is 10.0. The molecule has 0 aromatic heterocycles. The van der Waals surface area contributed by atoms with E-state index in [-0.39, 0.29) is 11.9 Å². The van der Waals surface area contributed by atoms with Crippen molar-refractivity contribution >= 4 is 17.5 Å². The lowest BCUT2D eigenvalue weighted by Crippen LogP contribution is -2.40. The number of methoxy groups -OCH3 is 1. The molecule has 0 saturated carbocycles. The third-order valence-electron chi connectivity index (χ3n) is 4.01. The first kappa shape index (κ1) is 19.1. The van der Waals surface area contributed by atoms with Crippen molar-refractivity contribution in [3.63, 3.8) is 0 Å². The normalized spacial score (nSPS) is 13.0. The van der Waals surface area contributed by atoms with Crippen LogP contribution in [0.5, 0.6) is 11.5 Å². The molecule has 0 spiro atoms. The highest BCUT2D eigenvalue weighted by Crippen LogP contribution is 2.25. The zero-order valence-electron chi connectivity index (χ0n) is 14.8. The number of amides is 1. The van der Waals surface area contributed by atoms with E-state index in [2.05, 4.69) is 5.32 Å². The Hall–Kier alpha value is -2.20. The molecular formula is C20H24ClNO3. The fourth-order valence-corrected chi connectivity index (χ4v) is 2.72. The van der Waals surface area contributed by atoms with Crippen molar-refractivity contribution in [3.05, 3.63) is 59.1 Å². The summed E-state index contributed by atoms with van der Waals surface area (Å²) < 4.78 is 11.0. The Morgan fingerprint density at radius 2 is 1.76 bits per heavy atom. The molecule has 0 aliphatic rings. The van der Waals surface area contributed by atoms with Crippen molar-refractivity contribution in [2.75, 3.05) is 7.11 Å². The van der Waals surface area contributed by atoms with Crippen LogP contribution in [0.3, 0.4) is 0 Å². The Balaban J connectivity index is 2.06. The fraction of sp³-hybridized carbons (Fsp3) is 0.350. The number of nitrogens with one attached hydrogen (secondary N) is 1. The van der Waals surface area contributed by atoms with Gasteiger partial charge in [0.25, 0.3) is 5.91 Å². The molecule has 4 nitrogen and oxygen atoms in total. The number of para-hydroxylation sites is 1. The minimum atomic E-state index is -0.591. The van der Waals surface area contributed by atoms with Crippen molar-refractivity contribution in [2.45, 2.75) is 38.8 Å². The van der Waals surface area contributed by atoms with E-state index in [1.807, 2.05) is 50.2 Å². The summed E-state index contributed by atoms with van der Waals surface area (Å²) in [7, 11) is 1.63. The Bertz CT molecular complexity index is 688. The van der Waals surface area contributed by atoms with Gasteiger partial charge in [0, 0.05) is 0 Å². The molecule has 0 radical (unpaired) electrons. The lowest BCUT2D eigenvalue weighted by Gasteiger charge is -2.23. The average molecular weight is 362 g/mol. The van der Waals surface area contributed by atoms with Gasteiger partial charge < -0.3 is 14.8 Å². The van der Waals surface area contributed by atoms with E-state index in [1.54, 1.807) is 19.2 Å². The smallest absolute Gasteiger partial charge is 0.261 e. The number of benzene rings is 2. The van der Waals surface area contributed by atoms with Crippen LogP contribution >= 0.6 is 11.6 Å². The topological polar surface area (TPSA) is 47.6 Å². The van der Waals surface area contributed by atoms with Gasteiger partial charge in [-0.15, -0.1) is 0 Å². The second kappa shape index (κ2) is 9.33. The highest BCUT2D eigenvalue weighted by Gasteiger charge is 2.22. The van der Waals surface area contributed by atoms with Gasteiger partial charge in [0.05, 0.1) is 18.2 Å². The Morgan fingerprint density at radius 3 is 2.32 bits per heavy atom. The Labute approximate surface area is 154 Å². The molecule has 2 aromatic rings. The van der Waals surface area contributed by atoms with E-state index in [0.29, 0.717) is 17.2 Å². The molecule has 134 valence electrons. The van der Waals surface area contributed by atoms with Gasteiger partial charge in [-0.25, -0.2) is 0 Å². The number of rotatable bonds is 8. The van der Waals surface area contributed by atoms with Crippen molar-refractivity contribution in [1.29, 1.82) is 0 Å². The molecule has 1 amide bonds. The summed E-state index contributed by atoms with van der Waals surface area (Å²) in [5.41, 5.74) is 1.03. The Kier molecular flexibility index (Phi) is 7.14. The van der Waals surface area contributed by atoms with Crippen LogP contribution in [0.25, 0.3) is 0 Å². The maximum Gasteiger partial charge on any atom is 0.261 e. The maximum absolute atomic E-state index is 12.7. The van der Waals surface area contributed by atoms with E-state index in [4.69, 9.17) is 21.1 Å². The van der Waals surface area contributed by atoms with Gasteiger partial charge in [0.1, 0.15) is 11.5 Å². The zero-order valence-corrected chi connectivity index (χ0v) is 15.5. The van der Waals surface area contributed by atoms with Crippen LogP contribution in [-0.2, 0) is 4.79 Å². The van der Waals surface area contributed by atoms with Crippen molar-refractivity contribution < 1.29 is 14.3 Å². The molecule has 2 aromatic carbocycles. The molecule has 2 atom stereocenters. The number of carbonyl (C=O) groups is 1. The summed E-state index contributed by atoms with van der Waals surface area (Å²) in [5.74, 6) is 1.16. The van der Waals surface area contributed by atoms with E-state index in [1.165, 1.54) is 0 Å². The van der Waals surface area contributed by atoms with Crippen LogP contribution in [0.1, 0.15) is 38.3 Å². The fourth-order valence-electron chi connectivity index (χ4n) is 2.54.